The molecule has 4 nitrogen and oxygen atoms in total. The zero-order valence-electron chi connectivity index (χ0n) is 10.3. The Bertz CT molecular complexity index is 382. The molecule has 0 heterocycles. The average molecular weight is 253 g/mol. The maximum Gasteiger partial charge on any atom is 0.170 e. The van der Waals surface area contributed by atoms with Crippen LogP contribution in [0.4, 0.5) is 5.69 Å². The molecule has 1 aromatic rings. The van der Waals surface area contributed by atoms with Crippen molar-refractivity contribution >= 4 is 23.3 Å². The van der Waals surface area contributed by atoms with Crippen molar-refractivity contribution < 1.29 is 5.21 Å². The highest BCUT2D eigenvalue weighted by Gasteiger charge is 2.04. The molecule has 0 aliphatic heterocycles. The van der Waals surface area contributed by atoms with Gasteiger partial charge in [-0.1, -0.05) is 17.3 Å². The van der Waals surface area contributed by atoms with Gasteiger partial charge >= 0.3 is 0 Å². The minimum absolute atomic E-state index is 0.143. The van der Waals surface area contributed by atoms with E-state index in [0.717, 1.165) is 30.0 Å². The number of thioether (sulfide) groups is 1. The molecular formula is C12H19N3OS. The topological polar surface area (TPSA) is 61.8 Å². The minimum atomic E-state index is 0.143. The number of rotatable bonds is 6. The number of oxime groups is 1. The van der Waals surface area contributed by atoms with Gasteiger partial charge < -0.3 is 15.8 Å². The monoisotopic (exact) mass is 253 g/mol. The zero-order chi connectivity index (χ0) is 12.7. The SMILES string of the molecule is CSCCCN(C)c1cccc(/C(N)=N/O)c1. The Kier molecular flexibility index (Phi) is 5.69. The van der Waals surface area contributed by atoms with E-state index in [2.05, 4.69) is 16.3 Å². The minimum Gasteiger partial charge on any atom is -0.409 e. The van der Waals surface area contributed by atoms with Crippen LogP contribution in [0.3, 0.4) is 0 Å². The zero-order valence-corrected chi connectivity index (χ0v) is 11.1. The van der Waals surface area contributed by atoms with E-state index in [1.54, 1.807) is 0 Å². The highest BCUT2D eigenvalue weighted by Crippen LogP contribution is 2.15. The van der Waals surface area contributed by atoms with Gasteiger partial charge in [0, 0.05) is 24.8 Å². The molecule has 1 rings (SSSR count). The molecule has 0 spiro atoms. The van der Waals surface area contributed by atoms with Gasteiger partial charge in [-0.2, -0.15) is 11.8 Å². The Labute approximate surface area is 106 Å². The number of nitrogens with zero attached hydrogens (tertiary/aromatic N) is 2. The second kappa shape index (κ2) is 7.06. The van der Waals surface area contributed by atoms with E-state index >= 15 is 0 Å². The van der Waals surface area contributed by atoms with Crippen molar-refractivity contribution in [3.8, 4) is 0 Å². The summed E-state index contributed by atoms with van der Waals surface area (Å²) in [5, 5.41) is 11.6. The third-order valence-corrected chi connectivity index (χ3v) is 3.23. The summed E-state index contributed by atoms with van der Waals surface area (Å²) in [6.07, 6.45) is 3.25. The van der Waals surface area contributed by atoms with Gasteiger partial charge in [0.25, 0.3) is 0 Å². The summed E-state index contributed by atoms with van der Waals surface area (Å²) in [7, 11) is 2.05. The van der Waals surface area contributed by atoms with Gasteiger partial charge in [0.15, 0.2) is 5.84 Å². The van der Waals surface area contributed by atoms with Crippen molar-refractivity contribution in [3.63, 3.8) is 0 Å². The van der Waals surface area contributed by atoms with Crippen LogP contribution in [-0.4, -0.2) is 36.6 Å². The summed E-state index contributed by atoms with van der Waals surface area (Å²) < 4.78 is 0. The fraction of sp³-hybridized carbons (Fsp3) is 0.417. The smallest absolute Gasteiger partial charge is 0.170 e. The highest BCUT2D eigenvalue weighted by atomic mass is 32.2. The first-order valence-corrected chi connectivity index (χ1v) is 6.86. The summed E-state index contributed by atoms with van der Waals surface area (Å²) in [4.78, 5) is 2.17. The number of benzene rings is 1. The van der Waals surface area contributed by atoms with Gasteiger partial charge in [-0.3, -0.25) is 0 Å². The fourth-order valence-corrected chi connectivity index (χ4v) is 1.95. The number of amidine groups is 1. The van der Waals surface area contributed by atoms with Crippen molar-refractivity contribution in [2.24, 2.45) is 10.9 Å². The van der Waals surface area contributed by atoms with Crippen LogP contribution in [0.5, 0.6) is 0 Å². The molecule has 0 fully saturated rings. The van der Waals surface area contributed by atoms with Gasteiger partial charge in [0.05, 0.1) is 0 Å². The molecule has 0 amide bonds. The molecule has 0 aliphatic carbocycles. The van der Waals surface area contributed by atoms with E-state index in [0.29, 0.717) is 0 Å². The quantitative estimate of drug-likeness (QED) is 0.267. The maximum absolute atomic E-state index is 8.64. The number of anilines is 1. The number of nitrogens with two attached hydrogens (primary N) is 1. The van der Waals surface area contributed by atoms with Gasteiger partial charge in [-0.05, 0) is 30.6 Å². The molecule has 5 heteroatoms. The lowest BCUT2D eigenvalue weighted by Crippen LogP contribution is -2.20. The van der Waals surface area contributed by atoms with E-state index in [1.165, 1.54) is 0 Å². The van der Waals surface area contributed by atoms with E-state index in [1.807, 2.05) is 43.1 Å². The van der Waals surface area contributed by atoms with Crippen LogP contribution in [0, 0.1) is 0 Å². The Balaban J connectivity index is 2.70. The predicted octanol–water partition coefficient (Wildman–Crippen LogP) is 1.97. The molecule has 3 N–H and O–H groups in total. The maximum atomic E-state index is 8.64. The molecule has 0 atom stereocenters. The first-order valence-electron chi connectivity index (χ1n) is 5.47. The normalized spacial score (nSPS) is 11.5. The van der Waals surface area contributed by atoms with Crippen molar-refractivity contribution in [2.45, 2.75) is 6.42 Å². The lowest BCUT2D eigenvalue weighted by atomic mass is 10.1. The van der Waals surface area contributed by atoms with Crippen molar-refractivity contribution in [2.75, 3.05) is 30.5 Å². The molecule has 1 aromatic carbocycles. The Morgan fingerprint density at radius 2 is 2.29 bits per heavy atom. The molecule has 0 aliphatic rings. The molecule has 0 saturated carbocycles. The highest BCUT2D eigenvalue weighted by molar-refractivity contribution is 7.98. The van der Waals surface area contributed by atoms with Gasteiger partial charge in [-0.25, -0.2) is 0 Å². The van der Waals surface area contributed by atoms with E-state index in [4.69, 9.17) is 10.9 Å². The molecule has 0 radical (unpaired) electrons. The second-order valence-corrected chi connectivity index (χ2v) is 4.79. The number of hydrogen-bond donors (Lipinski definition) is 2. The van der Waals surface area contributed by atoms with Gasteiger partial charge in [0.1, 0.15) is 0 Å². The summed E-state index contributed by atoms with van der Waals surface area (Å²) in [6, 6.07) is 7.68. The molecule has 0 saturated heterocycles. The molecule has 0 bridgehead atoms. The third kappa shape index (κ3) is 4.19. The second-order valence-electron chi connectivity index (χ2n) is 3.80. The molecule has 0 unspecified atom stereocenters. The summed E-state index contributed by atoms with van der Waals surface area (Å²) in [6.45, 7) is 1.00. The Hall–Kier alpha value is -1.36. The molecular weight excluding hydrogens is 234 g/mol. The lowest BCUT2D eigenvalue weighted by molar-refractivity contribution is 0.318. The summed E-state index contributed by atoms with van der Waals surface area (Å²) in [5.74, 6) is 1.30. The number of hydrogen-bond acceptors (Lipinski definition) is 4. The summed E-state index contributed by atoms with van der Waals surface area (Å²) in [5.41, 5.74) is 7.38. The first-order chi connectivity index (χ1) is 8.19. The van der Waals surface area contributed by atoms with Crippen LogP contribution in [0.15, 0.2) is 29.4 Å². The molecule has 17 heavy (non-hydrogen) atoms. The van der Waals surface area contributed by atoms with Gasteiger partial charge in [0.2, 0.25) is 0 Å². The summed E-state index contributed by atoms with van der Waals surface area (Å²) >= 11 is 1.85. The van der Waals surface area contributed by atoms with E-state index in [9.17, 15) is 0 Å². The Morgan fingerprint density at radius 3 is 2.94 bits per heavy atom. The standard InChI is InChI=1S/C12H19N3OS/c1-15(7-4-8-17-2)11-6-3-5-10(9-11)12(13)14-16/h3,5-6,9,16H,4,7-8H2,1-2H3,(H2,13,14). The van der Waals surface area contributed by atoms with Crippen LogP contribution in [-0.2, 0) is 0 Å². The largest absolute Gasteiger partial charge is 0.409 e. The van der Waals surface area contributed by atoms with Crippen LogP contribution in [0.2, 0.25) is 0 Å². The van der Waals surface area contributed by atoms with Crippen LogP contribution >= 0.6 is 11.8 Å². The van der Waals surface area contributed by atoms with Crippen molar-refractivity contribution in [1.82, 2.24) is 0 Å². The van der Waals surface area contributed by atoms with Crippen molar-refractivity contribution in [3.05, 3.63) is 29.8 Å². The van der Waals surface area contributed by atoms with Crippen LogP contribution in [0.1, 0.15) is 12.0 Å². The van der Waals surface area contributed by atoms with Crippen LogP contribution in [0.25, 0.3) is 0 Å². The van der Waals surface area contributed by atoms with Gasteiger partial charge in [-0.15, -0.1) is 0 Å². The average Bonchev–Trinajstić information content (AvgIpc) is 2.38. The van der Waals surface area contributed by atoms with E-state index < -0.39 is 0 Å². The first kappa shape index (κ1) is 13.7. The van der Waals surface area contributed by atoms with E-state index in [-0.39, 0.29) is 5.84 Å². The predicted molar refractivity (Wildman–Crippen MR) is 75.2 cm³/mol. The third-order valence-electron chi connectivity index (χ3n) is 2.53. The molecule has 0 aromatic heterocycles. The van der Waals surface area contributed by atoms with Crippen LogP contribution < -0.4 is 10.6 Å². The van der Waals surface area contributed by atoms with Crippen molar-refractivity contribution in [1.29, 1.82) is 0 Å². The fourth-order valence-electron chi connectivity index (χ4n) is 1.54. The molecule has 94 valence electrons. The lowest BCUT2D eigenvalue weighted by Gasteiger charge is -2.19. The Morgan fingerprint density at radius 1 is 1.53 bits per heavy atom.